The number of rotatable bonds is 4. The summed E-state index contributed by atoms with van der Waals surface area (Å²) in [7, 11) is 0. The summed E-state index contributed by atoms with van der Waals surface area (Å²) in [6.45, 7) is 5.80. The topological polar surface area (TPSA) is 71.8 Å². The SMILES string of the molecule is Cc1nc2c3c(nn2c(C)c1Cl)CN(C(=O)c1ccc(F)cc1OCC1C[C@@H](I)CN1)C3. The summed E-state index contributed by atoms with van der Waals surface area (Å²) < 4.78 is 22.1. The highest BCUT2D eigenvalue weighted by molar-refractivity contribution is 14.1. The lowest BCUT2D eigenvalue weighted by Crippen LogP contribution is -2.30. The molecule has 2 aliphatic rings. The number of carbonyl (C=O) groups is 1. The van der Waals surface area contributed by atoms with Crippen molar-refractivity contribution < 1.29 is 13.9 Å². The number of alkyl halides is 1. The molecule has 168 valence electrons. The first-order chi connectivity index (χ1) is 15.3. The van der Waals surface area contributed by atoms with Crippen LogP contribution in [0.25, 0.3) is 5.65 Å². The Hall–Kier alpha value is -1.98. The maximum Gasteiger partial charge on any atom is 0.258 e. The molecule has 1 amide bonds. The van der Waals surface area contributed by atoms with Gasteiger partial charge in [-0.1, -0.05) is 34.2 Å². The van der Waals surface area contributed by atoms with Crippen molar-refractivity contribution in [3.63, 3.8) is 0 Å². The number of aromatic nitrogens is 3. The fourth-order valence-electron chi connectivity index (χ4n) is 4.31. The van der Waals surface area contributed by atoms with Gasteiger partial charge in [-0.25, -0.2) is 13.9 Å². The van der Waals surface area contributed by atoms with Crippen LogP contribution in [0.1, 0.15) is 39.4 Å². The van der Waals surface area contributed by atoms with Gasteiger partial charge in [-0.3, -0.25) is 4.79 Å². The van der Waals surface area contributed by atoms with Gasteiger partial charge in [-0.05, 0) is 32.4 Å². The van der Waals surface area contributed by atoms with E-state index in [1.807, 2.05) is 13.8 Å². The normalized spacial score (nSPS) is 20.2. The zero-order valence-corrected chi connectivity index (χ0v) is 20.6. The van der Waals surface area contributed by atoms with E-state index in [2.05, 4.69) is 38.0 Å². The van der Waals surface area contributed by atoms with Crippen LogP contribution in [0, 0.1) is 19.7 Å². The van der Waals surface area contributed by atoms with Crippen LogP contribution in [0.3, 0.4) is 0 Å². The highest BCUT2D eigenvalue weighted by atomic mass is 127. The molecule has 10 heteroatoms. The summed E-state index contributed by atoms with van der Waals surface area (Å²) in [5, 5.41) is 8.60. The molecule has 0 radical (unpaired) electrons. The van der Waals surface area contributed by atoms with Gasteiger partial charge in [0.25, 0.3) is 5.91 Å². The van der Waals surface area contributed by atoms with E-state index in [1.165, 1.54) is 18.2 Å². The molecular formula is C22H22ClFIN5O2. The molecule has 1 saturated heterocycles. The summed E-state index contributed by atoms with van der Waals surface area (Å²) in [5.74, 6) is -0.383. The Balaban J connectivity index is 1.38. The fraction of sp³-hybridized carbons (Fsp3) is 0.409. The lowest BCUT2D eigenvalue weighted by molar-refractivity contribution is 0.0744. The van der Waals surface area contributed by atoms with Gasteiger partial charge in [0.05, 0.1) is 40.8 Å². The summed E-state index contributed by atoms with van der Waals surface area (Å²) in [5.41, 5.74) is 4.32. The summed E-state index contributed by atoms with van der Waals surface area (Å²) in [4.78, 5) is 19.6. The molecule has 2 atom stereocenters. The predicted molar refractivity (Wildman–Crippen MR) is 127 cm³/mol. The Morgan fingerprint density at radius 3 is 2.94 bits per heavy atom. The number of amides is 1. The molecule has 32 heavy (non-hydrogen) atoms. The van der Waals surface area contributed by atoms with Crippen LogP contribution in [-0.4, -0.2) is 48.5 Å². The lowest BCUT2D eigenvalue weighted by atomic mass is 10.1. The number of halogens is 3. The van der Waals surface area contributed by atoms with Crippen molar-refractivity contribution in [3.05, 3.63) is 57.2 Å². The molecule has 2 aromatic heterocycles. The second-order valence-electron chi connectivity index (χ2n) is 8.31. The molecule has 0 bridgehead atoms. The molecule has 0 spiro atoms. The third-order valence-electron chi connectivity index (χ3n) is 6.03. The van der Waals surface area contributed by atoms with Crippen LogP contribution in [0.2, 0.25) is 5.02 Å². The standard InChI is InChI=1S/C22H22ClFIN5O2/c1-11-20(23)12(2)30-21(27-11)17-8-29(9-18(17)28-30)22(31)16-4-3-13(24)5-19(16)32-10-15-6-14(25)7-26-15/h3-5,14-15,26H,6-10H2,1-2H3/t14-,15?/m1/s1. The Kier molecular flexibility index (Phi) is 5.75. The van der Waals surface area contributed by atoms with E-state index in [4.69, 9.17) is 16.3 Å². The monoisotopic (exact) mass is 569 g/mol. The minimum atomic E-state index is -0.433. The van der Waals surface area contributed by atoms with Crippen molar-refractivity contribution in [2.45, 2.75) is 43.3 Å². The van der Waals surface area contributed by atoms with E-state index in [0.717, 1.165) is 35.6 Å². The van der Waals surface area contributed by atoms with Gasteiger partial charge in [0.15, 0.2) is 5.65 Å². The molecule has 5 rings (SSSR count). The Labute approximate surface area is 203 Å². The quantitative estimate of drug-likeness (QED) is 0.382. The second-order valence-corrected chi connectivity index (χ2v) is 10.4. The van der Waals surface area contributed by atoms with Crippen molar-refractivity contribution in [1.29, 1.82) is 0 Å². The van der Waals surface area contributed by atoms with Gasteiger partial charge in [0, 0.05) is 28.1 Å². The number of hydrogen-bond acceptors (Lipinski definition) is 5. The third kappa shape index (κ3) is 3.84. The van der Waals surface area contributed by atoms with Crippen LogP contribution in [0.5, 0.6) is 5.75 Å². The van der Waals surface area contributed by atoms with Crippen molar-refractivity contribution in [2.75, 3.05) is 13.2 Å². The maximum absolute atomic E-state index is 13.9. The zero-order valence-electron chi connectivity index (χ0n) is 17.7. The van der Waals surface area contributed by atoms with Crippen LogP contribution in [-0.2, 0) is 13.1 Å². The number of fused-ring (bicyclic) bond motifs is 3. The van der Waals surface area contributed by atoms with Crippen molar-refractivity contribution in [3.8, 4) is 5.75 Å². The summed E-state index contributed by atoms with van der Waals surface area (Å²) in [6, 6.07) is 4.26. The summed E-state index contributed by atoms with van der Waals surface area (Å²) >= 11 is 8.72. The largest absolute Gasteiger partial charge is 0.491 e. The van der Waals surface area contributed by atoms with Gasteiger partial charge in [0.1, 0.15) is 18.2 Å². The average Bonchev–Trinajstić information content (AvgIpc) is 3.45. The van der Waals surface area contributed by atoms with Crippen LogP contribution >= 0.6 is 34.2 Å². The smallest absolute Gasteiger partial charge is 0.258 e. The first-order valence-corrected chi connectivity index (χ1v) is 12.1. The molecule has 2 aliphatic heterocycles. The Morgan fingerprint density at radius 1 is 1.38 bits per heavy atom. The Morgan fingerprint density at radius 2 is 2.19 bits per heavy atom. The number of benzene rings is 1. The molecule has 0 aliphatic carbocycles. The molecule has 4 heterocycles. The molecule has 0 saturated carbocycles. The van der Waals surface area contributed by atoms with E-state index in [9.17, 15) is 9.18 Å². The van der Waals surface area contributed by atoms with Crippen LogP contribution in [0.4, 0.5) is 4.39 Å². The fourth-order valence-corrected chi connectivity index (χ4v) is 5.30. The molecule has 1 N–H and O–H groups in total. The number of nitrogens with zero attached hydrogens (tertiary/aromatic N) is 4. The maximum atomic E-state index is 13.9. The minimum Gasteiger partial charge on any atom is -0.491 e. The van der Waals surface area contributed by atoms with Gasteiger partial charge in [0.2, 0.25) is 0 Å². The molecule has 3 aromatic rings. The molecular weight excluding hydrogens is 548 g/mol. The zero-order chi connectivity index (χ0) is 22.6. The first kappa shape index (κ1) is 21.8. The minimum absolute atomic E-state index is 0.192. The van der Waals surface area contributed by atoms with E-state index in [0.29, 0.717) is 39.9 Å². The second kappa shape index (κ2) is 8.42. The van der Waals surface area contributed by atoms with Gasteiger partial charge < -0.3 is 15.0 Å². The van der Waals surface area contributed by atoms with E-state index in [1.54, 1.807) is 9.42 Å². The highest BCUT2D eigenvalue weighted by Crippen LogP contribution is 2.31. The van der Waals surface area contributed by atoms with Crippen molar-refractivity contribution >= 4 is 45.7 Å². The number of ether oxygens (including phenoxy) is 1. The number of hydrogen-bond donors (Lipinski definition) is 1. The average molecular weight is 570 g/mol. The van der Waals surface area contributed by atoms with E-state index < -0.39 is 5.82 Å². The predicted octanol–water partition coefficient (Wildman–Crippen LogP) is 3.84. The number of carbonyl (C=O) groups excluding carboxylic acids is 1. The van der Waals surface area contributed by atoms with E-state index in [-0.39, 0.29) is 17.7 Å². The summed E-state index contributed by atoms with van der Waals surface area (Å²) in [6.07, 6.45) is 0.982. The lowest BCUT2D eigenvalue weighted by Gasteiger charge is -2.19. The first-order valence-electron chi connectivity index (χ1n) is 10.4. The molecule has 1 fully saturated rings. The van der Waals surface area contributed by atoms with E-state index >= 15 is 0 Å². The Bertz CT molecular complexity index is 1230. The van der Waals surface area contributed by atoms with Crippen LogP contribution < -0.4 is 10.1 Å². The third-order valence-corrected chi connectivity index (χ3v) is 7.52. The van der Waals surface area contributed by atoms with Crippen molar-refractivity contribution in [2.24, 2.45) is 0 Å². The van der Waals surface area contributed by atoms with Gasteiger partial charge in [-0.15, -0.1) is 0 Å². The highest BCUT2D eigenvalue weighted by Gasteiger charge is 2.32. The molecule has 7 nitrogen and oxygen atoms in total. The number of aryl methyl sites for hydroxylation is 2. The van der Waals surface area contributed by atoms with Crippen LogP contribution in [0.15, 0.2) is 18.2 Å². The van der Waals surface area contributed by atoms with Gasteiger partial charge in [-0.2, -0.15) is 5.10 Å². The van der Waals surface area contributed by atoms with Gasteiger partial charge >= 0.3 is 0 Å². The molecule has 1 aromatic carbocycles. The van der Waals surface area contributed by atoms with Crippen molar-refractivity contribution in [1.82, 2.24) is 24.8 Å². The molecule has 1 unspecified atom stereocenters. The number of nitrogens with one attached hydrogen (secondary N) is 1.